The third-order valence-electron chi connectivity index (χ3n) is 3.00. The zero-order valence-corrected chi connectivity index (χ0v) is 10.6. The van der Waals surface area contributed by atoms with Crippen molar-refractivity contribution < 1.29 is 4.79 Å². The predicted octanol–water partition coefficient (Wildman–Crippen LogP) is 3.27. The Morgan fingerprint density at radius 1 is 1.41 bits per heavy atom. The minimum atomic E-state index is -0.0284. The number of carbonyl (C=O) groups excluding carboxylic acids is 1. The lowest BCUT2D eigenvalue weighted by atomic mass is 10.2. The summed E-state index contributed by atoms with van der Waals surface area (Å²) in [7, 11) is 0. The number of rotatable bonds is 4. The fourth-order valence-electron chi connectivity index (χ4n) is 1.73. The van der Waals surface area contributed by atoms with Gasteiger partial charge in [-0.15, -0.1) is 0 Å². The summed E-state index contributed by atoms with van der Waals surface area (Å²) in [5.41, 5.74) is 0.976. The molecule has 0 aliphatic heterocycles. The van der Waals surface area contributed by atoms with Crippen molar-refractivity contribution in [1.29, 1.82) is 0 Å². The molecule has 2 rings (SSSR count). The predicted molar refractivity (Wildman–Crippen MR) is 70.8 cm³/mol. The normalized spacial score (nSPS) is 17.1. The Labute approximate surface area is 107 Å². The number of nitrogens with one attached hydrogen (secondary N) is 1. The molecule has 1 unspecified atom stereocenters. The van der Waals surface area contributed by atoms with Gasteiger partial charge in [-0.05, 0) is 49.5 Å². The van der Waals surface area contributed by atoms with E-state index in [2.05, 4.69) is 12.2 Å². The fourth-order valence-corrected chi connectivity index (χ4v) is 1.86. The van der Waals surface area contributed by atoms with Crippen LogP contribution in [0.4, 0.5) is 0 Å². The van der Waals surface area contributed by atoms with Crippen LogP contribution in [0.15, 0.2) is 30.3 Å². The Hall–Kier alpha value is -1.28. The molecule has 3 heteroatoms. The lowest BCUT2D eigenvalue weighted by molar-refractivity contribution is -0.117. The highest BCUT2D eigenvalue weighted by atomic mass is 35.5. The van der Waals surface area contributed by atoms with Gasteiger partial charge in [0.25, 0.3) is 0 Å². The van der Waals surface area contributed by atoms with Gasteiger partial charge in [0.2, 0.25) is 5.91 Å². The first kappa shape index (κ1) is 12.2. The zero-order valence-electron chi connectivity index (χ0n) is 9.82. The first-order valence-corrected chi connectivity index (χ1v) is 6.27. The van der Waals surface area contributed by atoms with Crippen molar-refractivity contribution in [2.75, 3.05) is 0 Å². The molecule has 1 aliphatic carbocycles. The van der Waals surface area contributed by atoms with E-state index in [0.717, 1.165) is 5.56 Å². The van der Waals surface area contributed by atoms with Gasteiger partial charge >= 0.3 is 0 Å². The van der Waals surface area contributed by atoms with E-state index in [1.54, 1.807) is 12.2 Å². The summed E-state index contributed by atoms with van der Waals surface area (Å²) in [4.78, 5) is 11.6. The molecule has 0 aromatic heterocycles. The Morgan fingerprint density at radius 2 is 2.06 bits per heavy atom. The highest BCUT2D eigenvalue weighted by Crippen LogP contribution is 2.32. The molecule has 1 saturated carbocycles. The second-order valence-electron chi connectivity index (χ2n) is 4.52. The van der Waals surface area contributed by atoms with Crippen molar-refractivity contribution in [3.05, 3.63) is 40.9 Å². The summed E-state index contributed by atoms with van der Waals surface area (Å²) in [6.07, 6.45) is 5.85. The smallest absolute Gasteiger partial charge is 0.244 e. The monoisotopic (exact) mass is 249 g/mol. The van der Waals surface area contributed by atoms with Gasteiger partial charge in [0, 0.05) is 17.1 Å². The van der Waals surface area contributed by atoms with E-state index in [1.807, 2.05) is 24.3 Å². The summed E-state index contributed by atoms with van der Waals surface area (Å²) in [5.74, 6) is 0.655. The molecule has 2 nitrogen and oxygen atoms in total. The van der Waals surface area contributed by atoms with Gasteiger partial charge in [-0.2, -0.15) is 0 Å². The van der Waals surface area contributed by atoms with E-state index < -0.39 is 0 Å². The van der Waals surface area contributed by atoms with Crippen LogP contribution in [-0.4, -0.2) is 11.9 Å². The minimum absolute atomic E-state index is 0.0284. The number of carbonyl (C=O) groups is 1. The number of benzene rings is 1. The number of amides is 1. The molecule has 90 valence electrons. The van der Waals surface area contributed by atoms with E-state index >= 15 is 0 Å². The molecule has 1 fully saturated rings. The van der Waals surface area contributed by atoms with Crippen LogP contribution in [0.25, 0.3) is 6.08 Å². The first-order valence-electron chi connectivity index (χ1n) is 5.89. The second kappa shape index (κ2) is 5.37. The van der Waals surface area contributed by atoms with Crippen molar-refractivity contribution in [2.24, 2.45) is 5.92 Å². The van der Waals surface area contributed by atoms with E-state index in [0.29, 0.717) is 10.9 Å². The van der Waals surface area contributed by atoms with Gasteiger partial charge in [0.1, 0.15) is 0 Å². The maximum absolute atomic E-state index is 11.6. The highest BCUT2D eigenvalue weighted by Gasteiger charge is 2.28. The molecule has 1 aromatic rings. The average molecular weight is 250 g/mol. The van der Waals surface area contributed by atoms with E-state index in [1.165, 1.54) is 12.8 Å². The molecule has 1 aromatic carbocycles. The van der Waals surface area contributed by atoms with Crippen molar-refractivity contribution in [1.82, 2.24) is 5.32 Å². The third-order valence-corrected chi connectivity index (χ3v) is 3.25. The van der Waals surface area contributed by atoms with Gasteiger partial charge < -0.3 is 5.32 Å². The Bertz CT molecular complexity index is 420. The molecule has 1 amide bonds. The quantitative estimate of drug-likeness (QED) is 0.816. The van der Waals surface area contributed by atoms with Crippen molar-refractivity contribution in [3.8, 4) is 0 Å². The van der Waals surface area contributed by atoms with Crippen LogP contribution in [-0.2, 0) is 4.79 Å². The standard InChI is InChI=1S/C14H16ClNO/c1-10(12-5-6-12)16-14(17)9-4-11-2-7-13(15)8-3-11/h2-4,7-10,12H,5-6H2,1H3,(H,16,17)/b9-4+. The zero-order chi connectivity index (χ0) is 12.3. The first-order chi connectivity index (χ1) is 8.15. The number of hydrogen-bond acceptors (Lipinski definition) is 1. The summed E-state index contributed by atoms with van der Waals surface area (Å²) in [6.45, 7) is 2.06. The molecule has 1 aliphatic rings. The largest absolute Gasteiger partial charge is 0.350 e. The van der Waals surface area contributed by atoms with Gasteiger partial charge in [0.05, 0.1) is 0 Å². The van der Waals surface area contributed by atoms with Gasteiger partial charge in [-0.3, -0.25) is 4.79 Å². The van der Waals surface area contributed by atoms with Crippen LogP contribution in [0.2, 0.25) is 5.02 Å². The van der Waals surface area contributed by atoms with Crippen LogP contribution >= 0.6 is 11.6 Å². The van der Waals surface area contributed by atoms with Gasteiger partial charge in [0.15, 0.2) is 0 Å². The van der Waals surface area contributed by atoms with Crippen LogP contribution in [0, 0.1) is 5.92 Å². The molecule has 0 bridgehead atoms. The topological polar surface area (TPSA) is 29.1 Å². The molecular weight excluding hydrogens is 234 g/mol. The molecule has 1 N–H and O–H groups in total. The molecule has 0 radical (unpaired) electrons. The number of halogens is 1. The Kier molecular flexibility index (Phi) is 3.85. The fraction of sp³-hybridized carbons (Fsp3) is 0.357. The van der Waals surface area contributed by atoms with E-state index in [9.17, 15) is 4.79 Å². The molecule has 0 spiro atoms. The van der Waals surface area contributed by atoms with Crippen LogP contribution in [0.3, 0.4) is 0 Å². The molecular formula is C14H16ClNO. The van der Waals surface area contributed by atoms with Crippen molar-refractivity contribution in [3.63, 3.8) is 0 Å². The second-order valence-corrected chi connectivity index (χ2v) is 4.96. The Balaban J connectivity index is 1.86. The molecule has 0 heterocycles. The summed E-state index contributed by atoms with van der Waals surface area (Å²) < 4.78 is 0. The Morgan fingerprint density at radius 3 is 2.65 bits per heavy atom. The average Bonchev–Trinajstić information content (AvgIpc) is 3.12. The van der Waals surface area contributed by atoms with Gasteiger partial charge in [-0.1, -0.05) is 23.7 Å². The SMILES string of the molecule is CC(NC(=O)/C=C/c1ccc(Cl)cc1)C1CC1. The minimum Gasteiger partial charge on any atom is -0.350 e. The van der Waals surface area contributed by atoms with Crippen LogP contribution < -0.4 is 5.32 Å². The lowest BCUT2D eigenvalue weighted by Crippen LogP contribution is -2.32. The molecule has 1 atom stereocenters. The molecule has 0 saturated heterocycles. The van der Waals surface area contributed by atoms with E-state index in [-0.39, 0.29) is 11.9 Å². The van der Waals surface area contributed by atoms with Gasteiger partial charge in [-0.25, -0.2) is 0 Å². The van der Waals surface area contributed by atoms with E-state index in [4.69, 9.17) is 11.6 Å². The summed E-state index contributed by atoms with van der Waals surface area (Å²) in [6, 6.07) is 7.68. The number of hydrogen-bond donors (Lipinski definition) is 1. The van der Waals surface area contributed by atoms with Crippen molar-refractivity contribution in [2.45, 2.75) is 25.8 Å². The highest BCUT2D eigenvalue weighted by molar-refractivity contribution is 6.30. The van der Waals surface area contributed by atoms with Crippen LogP contribution in [0.5, 0.6) is 0 Å². The maximum atomic E-state index is 11.6. The molecule has 17 heavy (non-hydrogen) atoms. The van der Waals surface area contributed by atoms with Crippen molar-refractivity contribution >= 4 is 23.6 Å². The van der Waals surface area contributed by atoms with Crippen LogP contribution in [0.1, 0.15) is 25.3 Å². The summed E-state index contributed by atoms with van der Waals surface area (Å²) >= 11 is 5.78. The maximum Gasteiger partial charge on any atom is 0.244 e. The third kappa shape index (κ3) is 3.90. The lowest BCUT2D eigenvalue weighted by Gasteiger charge is -2.10. The summed E-state index contributed by atoms with van der Waals surface area (Å²) in [5, 5.41) is 3.67.